The fourth-order valence-corrected chi connectivity index (χ4v) is 4.50. The molecule has 1 aliphatic rings. The minimum absolute atomic E-state index is 0.337. The first kappa shape index (κ1) is 24.3. The van der Waals surface area contributed by atoms with E-state index in [1.54, 1.807) is 24.3 Å². The summed E-state index contributed by atoms with van der Waals surface area (Å²) >= 11 is 8.07. The lowest BCUT2D eigenvalue weighted by Crippen LogP contribution is -2.39. The Morgan fingerprint density at radius 3 is 2.09 bits per heavy atom. The molecule has 1 fully saturated rings. The smallest absolute Gasteiger partial charge is 0.320 e. The predicted molar refractivity (Wildman–Crippen MR) is 145 cm³/mol. The van der Waals surface area contributed by atoms with Crippen molar-refractivity contribution in [1.82, 2.24) is 10.3 Å². The number of hydrazine groups is 1. The number of carbonyl (C=O) groups is 2. The summed E-state index contributed by atoms with van der Waals surface area (Å²) in [6.07, 6.45) is 2.39. The zero-order valence-corrected chi connectivity index (χ0v) is 21.3. The molecular weight excluding hydrogens is 565 g/mol. The fourth-order valence-electron chi connectivity index (χ4n) is 3.68. The monoisotopic (exact) mass is 589 g/mol. The van der Waals surface area contributed by atoms with Crippen LogP contribution in [0.25, 0.3) is 0 Å². The van der Waals surface area contributed by atoms with E-state index in [9.17, 15) is 9.59 Å². The lowest BCUT2D eigenvalue weighted by atomic mass is 10.1. The van der Waals surface area contributed by atoms with Gasteiger partial charge in [0.15, 0.2) is 0 Å². The molecule has 0 spiro atoms. The van der Waals surface area contributed by atoms with E-state index in [1.807, 2.05) is 48.5 Å². The highest BCUT2D eigenvalue weighted by Crippen LogP contribution is 2.23. The normalized spacial score (nSPS) is 14.3. The maximum atomic E-state index is 13.3. The van der Waals surface area contributed by atoms with Gasteiger partial charge >= 0.3 is 6.03 Å². The molecule has 9 heteroatoms. The average Bonchev–Trinajstić information content (AvgIpc) is 3.34. The largest absolute Gasteiger partial charge is 0.324 e. The van der Waals surface area contributed by atoms with Crippen LogP contribution >= 0.6 is 34.2 Å². The SMILES string of the molecule is O=C(Nc1ccc(Cl)cc1)NC(C(=O)Nc1ccc(NN2CCCC2)cc1)c1ccccc1I. The molecule has 0 aliphatic carbocycles. The number of carbonyl (C=O) groups excluding carboxylic acids is 2. The van der Waals surface area contributed by atoms with Gasteiger partial charge in [0.1, 0.15) is 6.04 Å². The minimum atomic E-state index is -0.886. The molecule has 4 N–H and O–H groups in total. The molecule has 4 rings (SSSR count). The number of anilines is 3. The van der Waals surface area contributed by atoms with E-state index in [0.29, 0.717) is 22.0 Å². The van der Waals surface area contributed by atoms with E-state index < -0.39 is 12.1 Å². The average molecular weight is 590 g/mol. The lowest BCUT2D eigenvalue weighted by Gasteiger charge is -2.21. The summed E-state index contributed by atoms with van der Waals surface area (Å²) in [5.74, 6) is -0.337. The first-order valence-corrected chi connectivity index (χ1v) is 12.4. The van der Waals surface area contributed by atoms with E-state index in [2.05, 4.69) is 49.0 Å². The van der Waals surface area contributed by atoms with Crippen molar-refractivity contribution in [1.29, 1.82) is 0 Å². The molecule has 1 atom stereocenters. The first-order valence-electron chi connectivity index (χ1n) is 11.0. The van der Waals surface area contributed by atoms with Crippen LogP contribution in [0.3, 0.4) is 0 Å². The highest BCUT2D eigenvalue weighted by Gasteiger charge is 2.25. The summed E-state index contributed by atoms with van der Waals surface area (Å²) in [5.41, 5.74) is 6.27. The summed E-state index contributed by atoms with van der Waals surface area (Å²) in [4.78, 5) is 26.0. The van der Waals surface area contributed by atoms with Gasteiger partial charge in [0.2, 0.25) is 0 Å². The first-order chi connectivity index (χ1) is 16.5. The molecule has 1 heterocycles. The number of halogens is 2. The maximum Gasteiger partial charge on any atom is 0.320 e. The number of amides is 3. The molecule has 1 aliphatic heterocycles. The Morgan fingerprint density at radius 1 is 0.824 bits per heavy atom. The van der Waals surface area contributed by atoms with Crippen molar-refractivity contribution in [2.75, 3.05) is 29.1 Å². The molecule has 0 radical (unpaired) electrons. The predicted octanol–water partition coefficient (Wildman–Crippen LogP) is 5.87. The summed E-state index contributed by atoms with van der Waals surface area (Å²) in [7, 11) is 0. The molecule has 0 saturated carbocycles. The molecule has 3 amide bonds. The molecule has 0 bridgehead atoms. The fraction of sp³-hybridized carbons (Fsp3) is 0.200. The lowest BCUT2D eigenvalue weighted by molar-refractivity contribution is -0.118. The number of hydrogen-bond acceptors (Lipinski definition) is 4. The Bertz CT molecular complexity index is 1130. The molecule has 1 saturated heterocycles. The summed E-state index contributed by atoms with van der Waals surface area (Å²) in [6.45, 7) is 2.05. The van der Waals surface area contributed by atoms with Crippen LogP contribution in [0.4, 0.5) is 21.9 Å². The molecular formula is C25H25ClIN5O2. The topological polar surface area (TPSA) is 85.5 Å². The van der Waals surface area contributed by atoms with Gasteiger partial charge in [0.05, 0.1) is 0 Å². The summed E-state index contributed by atoms with van der Waals surface area (Å²) in [5, 5.41) is 11.2. The molecule has 0 aromatic heterocycles. The van der Waals surface area contributed by atoms with Gasteiger partial charge in [-0.1, -0.05) is 29.8 Å². The van der Waals surface area contributed by atoms with Gasteiger partial charge in [-0.2, -0.15) is 0 Å². The van der Waals surface area contributed by atoms with Crippen LogP contribution in [0.5, 0.6) is 0 Å². The zero-order valence-electron chi connectivity index (χ0n) is 18.4. The van der Waals surface area contributed by atoms with Gasteiger partial charge in [0.25, 0.3) is 5.91 Å². The number of nitrogens with one attached hydrogen (secondary N) is 4. The number of nitrogens with zero attached hydrogens (tertiary/aromatic N) is 1. The van der Waals surface area contributed by atoms with E-state index in [0.717, 1.165) is 22.3 Å². The van der Waals surface area contributed by atoms with E-state index in [-0.39, 0.29) is 5.91 Å². The Morgan fingerprint density at radius 2 is 1.41 bits per heavy atom. The summed E-state index contributed by atoms with van der Waals surface area (Å²) in [6, 6.07) is 20.4. The Labute approximate surface area is 217 Å². The van der Waals surface area contributed by atoms with Gasteiger partial charge in [-0.05, 0) is 95.6 Å². The van der Waals surface area contributed by atoms with Crippen LogP contribution in [0.15, 0.2) is 72.8 Å². The zero-order chi connectivity index (χ0) is 23.9. The van der Waals surface area contributed by atoms with Gasteiger partial charge < -0.3 is 21.4 Å². The molecule has 176 valence electrons. The van der Waals surface area contributed by atoms with Gasteiger partial charge in [0, 0.05) is 38.7 Å². The van der Waals surface area contributed by atoms with Crippen molar-refractivity contribution >= 4 is 63.2 Å². The van der Waals surface area contributed by atoms with Crippen LogP contribution < -0.4 is 21.4 Å². The molecule has 3 aromatic carbocycles. The van der Waals surface area contributed by atoms with Gasteiger partial charge in [-0.25, -0.2) is 9.80 Å². The van der Waals surface area contributed by atoms with Gasteiger partial charge in [-0.3, -0.25) is 4.79 Å². The number of benzene rings is 3. The van der Waals surface area contributed by atoms with E-state index in [1.165, 1.54) is 12.8 Å². The standard InChI is InChI=1S/C25H25ClIN5O2/c26-17-7-9-19(10-8-17)29-25(34)30-23(21-5-1-2-6-22(21)27)24(33)28-18-11-13-20(14-12-18)31-32-15-3-4-16-32/h1-2,5-14,23,31H,3-4,15-16H2,(H,28,33)(H2,29,30,34). The van der Waals surface area contributed by atoms with Crippen molar-refractivity contribution in [2.24, 2.45) is 0 Å². The Hall–Kier alpha value is -2.82. The number of urea groups is 1. The van der Waals surface area contributed by atoms with Crippen molar-refractivity contribution in [3.05, 3.63) is 87.0 Å². The summed E-state index contributed by atoms with van der Waals surface area (Å²) < 4.78 is 0.872. The van der Waals surface area contributed by atoms with E-state index >= 15 is 0 Å². The third-order valence-electron chi connectivity index (χ3n) is 5.40. The minimum Gasteiger partial charge on any atom is -0.324 e. The van der Waals surface area contributed by atoms with Crippen LogP contribution in [0.2, 0.25) is 5.02 Å². The van der Waals surface area contributed by atoms with Crippen molar-refractivity contribution in [3.63, 3.8) is 0 Å². The van der Waals surface area contributed by atoms with Crippen LogP contribution in [-0.4, -0.2) is 30.0 Å². The quantitative estimate of drug-likeness (QED) is 0.260. The maximum absolute atomic E-state index is 13.3. The molecule has 7 nitrogen and oxygen atoms in total. The van der Waals surface area contributed by atoms with E-state index in [4.69, 9.17) is 11.6 Å². The van der Waals surface area contributed by atoms with Crippen LogP contribution in [0, 0.1) is 3.57 Å². The van der Waals surface area contributed by atoms with Crippen molar-refractivity contribution < 1.29 is 9.59 Å². The highest BCUT2D eigenvalue weighted by molar-refractivity contribution is 14.1. The Kier molecular flexibility index (Phi) is 8.25. The second-order valence-corrected chi connectivity index (χ2v) is 9.53. The number of hydrogen-bond donors (Lipinski definition) is 4. The molecule has 1 unspecified atom stereocenters. The second-order valence-electron chi connectivity index (χ2n) is 7.93. The molecule has 34 heavy (non-hydrogen) atoms. The van der Waals surface area contributed by atoms with Gasteiger partial charge in [-0.15, -0.1) is 0 Å². The van der Waals surface area contributed by atoms with Crippen LogP contribution in [-0.2, 0) is 4.79 Å². The third-order valence-corrected chi connectivity index (χ3v) is 6.64. The Balaban J connectivity index is 1.45. The third kappa shape index (κ3) is 6.62. The second kappa shape index (κ2) is 11.5. The molecule has 3 aromatic rings. The number of rotatable bonds is 7. The van der Waals surface area contributed by atoms with Crippen molar-refractivity contribution in [2.45, 2.75) is 18.9 Å². The highest BCUT2D eigenvalue weighted by atomic mass is 127. The van der Waals surface area contributed by atoms with Crippen molar-refractivity contribution in [3.8, 4) is 0 Å². The van der Waals surface area contributed by atoms with Crippen LogP contribution in [0.1, 0.15) is 24.4 Å².